The molecular weight excluding hydrogens is 292 g/mol. The summed E-state index contributed by atoms with van der Waals surface area (Å²) in [6, 6.07) is 3.31. The van der Waals surface area contributed by atoms with Crippen LogP contribution in [-0.2, 0) is 9.47 Å². The van der Waals surface area contributed by atoms with E-state index in [9.17, 15) is 22.4 Å². The number of hydrogen-bond acceptors (Lipinski definition) is 3. The average molecular weight is 306 g/mol. The highest BCUT2D eigenvalue weighted by Crippen LogP contribution is 2.36. The summed E-state index contributed by atoms with van der Waals surface area (Å²) < 4.78 is 60.2. The second kappa shape index (κ2) is 6.01. The van der Waals surface area contributed by atoms with Crippen molar-refractivity contribution in [2.75, 3.05) is 6.61 Å². The zero-order valence-electron chi connectivity index (χ0n) is 11.2. The molecule has 7 heteroatoms. The van der Waals surface area contributed by atoms with Crippen molar-refractivity contribution >= 4 is 5.97 Å². The third-order valence-electron chi connectivity index (χ3n) is 3.14. The fourth-order valence-corrected chi connectivity index (χ4v) is 2.29. The molecule has 21 heavy (non-hydrogen) atoms. The number of halogens is 4. The lowest BCUT2D eigenvalue weighted by Crippen LogP contribution is -2.35. The molecule has 1 aromatic carbocycles. The van der Waals surface area contributed by atoms with Gasteiger partial charge in [0.05, 0.1) is 5.56 Å². The zero-order valence-corrected chi connectivity index (χ0v) is 11.2. The summed E-state index contributed by atoms with van der Waals surface area (Å²) >= 11 is 0. The maximum Gasteiger partial charge on any atom is 0.411 e. The summed E-state index contributed by atoms with van der Waals surface area (Å²) in [6.07, 6.45) is -5.35. The average Bonchev–Trinajstić information content (AvgIpc) is 2.38. The van der Waals surface area contributed by atoms with Crippen LogP contribution in [0.2, 0.25) is 0 Å². The summed E-state index contributed by atoms with van der Waals surface area (Å²) in [5, 5.41) is 0. The van der Waals surface area contributed by atoms with Crippen molar-refractivity contribution in [1.82, 2.24) is 0 Å². The molecule has 2 unspecified atom stereocenters. The van der Waals surface area contributed by atoms with E-state index >= 15 is 0 Å². The second-order valence-electron chi connectivity index (χ2n) is 4.81. The normalized spacial score (nSPS) is 21.9. The number of hydrogen-bond donors (Lipinski definition) is 0. The number of esters is 1. The molecule has 1 aliphatic rings. The topological polar surface area (TPSA) is 35.5 Å². The largest absolute Gasteiger partial charge is 0.456 e. The molecular formula is C14H14F4O3. The van der Waals surface area contributed by atoms with Gasteiger partial charge in [0.2, 0.25) is 0 Å². The number of rotatable bonds is 4. The molecule has 0 bridgehead atoms. The molecule has 0 radical (unpaired) electrons. The van der Waals surface area contributed by atoms with Crippen molar-refractivity contribution in [1.29, 1.82) is 0 Å². The zero-order chi connectivity index (χ0) is 15.6. The van der Waals surface area contributed by atoms with Crippen molar-refractivity contribution in [2.24, 2.45) is 0 Å². The monoisotopic (exact) mass is 306 g/mol. The van der Waals surface area contributed by atoms with Crippen LogP contribution in [0.25, 0.3) is 0 Å². The van der Waals surface area contributed by atoms with Crippen LogP contribution in [-0.4, -0.2) is 24.9 Å². The number of carbonyl (C=O) groups excluding carboxylic acids is 1. The number of fused-ring (bicyclic) bond motifs is 1. The molecule has 1 heterocycles. The van der Waals surface area contributed by atoms with Crippen LogP contribution in [0, 0.1) is 5.82 Å². The molecule has 0 aromatic heterocycles. The molecule has 0 amide bonds. The van der Waals surface area contributed by atoms with Crippen LogP contribution in [0.5, 0.6) is 0 Å². The van der Waals surface area contributed by atoms with Gasteiger partial charge in [-0.2, -0.15) is 13.2 Å². The Kier molecular flexibility index (Phi) is 4.51. The van der Waals surface area contributed by atoms with Gasteiger partial charge >= 0.3 is 12.1 Å². The Hall–Kier alpha value is -1.63. The molecule has 2 rings (SSSR count). The summed E-state index contributed by atoms with van der Waals surface area (Å²) in [6.45, 7) is 0.362. The minimum Gasteiger partial charge on any atom is -0.456 e. The molecule has 116 valence electrons. The highest BCUT2D eigenvalue weighted by molar-refractivity contribution is 5.92. The number of carbonyl (C=O) groups is 1. The Balaban J connectivity index is 2.32. The Morgan fingerprint density at radius 2 is 2.05 bits per heavy atom. The number of alkyl halides is 3. The highest BCUT2D eigenvalue weighted by atomic mass is 19.4. The molecule has 1 aliphatic heterocycles. The second-order valence-corrected chi connectivity index (χ2v) is 4.81. The Morgan fingerprint density at radius 1 is 1.33 bits per heavy atom. The molecule has 0 N–H and O–H groups in total. The first-order chi connectivity index (χ1) is 9.81. The van der Waals surface area contributed by atoms with E-state index in [1.165, 1.54) is 6.07 Å². The lowest BCUT2D eigenvalue weighted by atomic mass is 9.93. The standard InChI is InChI=1S/C14H14F4O3/c1-2-3-11-12(20-7-14(16,17)18)9-5-4-8(15)6-10(9)13(19)21-11/h4-6,11-12H,2-3,7H2,1H3. The van der Waals surface area contributed by atoms with E-state index in [-0.39, 0.29) is 11.1 Å². The van der Waals surface area contributed by atoms with Gasteiger partial charge in [0.25, 0.3) is 0 Å². The molecule has 0 fully saturated rings. The third kappa shape index (κ3) is 3.72. The van der Waals surface area contributed by atoms with Crippen LogP contribution in [0.1, 0.15) is 41.8 Å². The molecule has 2 atom stereocenters. The molecule has 0 saturated carbocycles. The van der Waals surface area contributed by atoms with Gasteiger partial charge in [0.1, 0.15) is 24.6 Å². The first-order valence-electron chi connectivity index (χ1n) is 6.50. The first-order valence-corrected chi connectivity index (χ1v) is 6.50. The van der Waals surface area contributed by atoms with E-state index in [1.807, 2.05) is 6.92 Å². The number of cyclic esters (lactones) is 1. The first kappa shape index (κ1) is 15.8. The van der Waals surface area contributed by atoms with Gasteiger partial charge in [0, 0.05) is 0 Å². The SMILES string of the molecule is CCCC1OC(=O)c2cc(F)ccc2C1OCC(F)(F)F. The van der Waals surface area contributed by atoms with Crippen molar-refractivity contribution in [3.63, 3.8) is 0 Å². The summed E-state index contributed by atoms with van der Waals surface area (Å²) in [4.78, 5) is 11.8. The van der Waals surface area contributed by atoms with Crippen molar-refractivity contribution in [3.05, 3.63) is 35.1 Å². The van der Waals surface area contributed by atoms with E-state index < -0.39 is 36.8 Å². The lowest BCUT2D eigenvalue weighted by Gasteiger charge is -2.33. The summed E-state index contributed by atoms with van der Waals surface area (Å²) in [5.41, 5.74) is 0.143. The van der Waals surface area contributed by atoms with E-state index in [0.717, 1.165) is 12.1 Å². The smallest absolute Gasteiger partial charge is 0.411 e. The van der Waals surface area contributed by atoms with Crippen LogP contribution in [0.15, 0.2) is 18.2 Å². The summed E-state index contributed by atoms with van der Waals surface area (Å²) in [7, 11) is 0. The van der Waals surface area contributed by atoms with Crippen LogP contribution >= 0.6 is 0 Å². The minimum atomic E-state index is -4.49. The van der Waals surface area contributed by atoms with E-state index in [2.05, 4.69) is 0 Å². The van der Waals surface area contributed by atoms with Gasteiger partial charge in [-0.05, 0) is 24.1 Å². The fourth-order valence-electron chi connectivity index (χ4n) is 2.29. The van der Waals surface area contributed by atoms with E-state index in [4.69, 9.17) is 9.47 Å². The van der Waals surface area contributed by atoms with Gasteiger partial charge < -0.3 is 9.47 Å². The van der Waals surface area contributed by atoms with Crippen molar-refractivity contribution < 1.29 is 31.8 Å². The van der Waals surface area contributed by atoms with Gasteiger partial charge in [-0.15, -0.1) is 0 Å². The Labute approximate surface area is 118 Å². The maximum absolute atomic E-state index is 13.2. The van der Waals surface area contributed by atoms with Gasteiger partial charge in [0.15, 0.2) is 0 Å². The molecule has 0 saturated heterocycles. The van der Waals surface area contributed by atoms with Crippen LogP contribution in [0.3, 0.4) is 0 Å². The maximum atomic E-state index is 13.2. The third-order valence-corrected chi connectivity index (χ3v) is 3.14. The van der Waals surface area contributed by atoms with Crippen LogP contribution < -0.4 is 0 Å². The van der Waals surface area contributed by atoms with Gasteiger partial charge in [-0.3, -0.25) is 0 Å². The lowest BCUT2D eigenvalue weighted by molar-refractivity contribution is -0.198. The Bertz CT molecular complexity index is 527. The van der Waals surface area contributed by atoms with Crippen LogP contribution in [0.4, 0.5) is 17.6 Å². The molecule has 0 aliphatic carbocycles. The quantitative estimate of drug-likeness (QED) is 0.627. The highest BCUT2D eigenvalue weighted by Gasteiger charge is 2.39. The number of benzene rings is 1. The molecule has 3 nitrogen and oxygen atoms in total. The molecule has 1 aromatic rings. The van der Waals surface area contributed by atoms with Gasteiger partial charge in [-0.1, -0.05) is 19.4 Å². The molecule has 0 spiro atoms. The number of ether oxygens (including phenoxy) is 2. The van der Waals surface area contributed by atoms with Crippen molar-refractivity contribution in [3.8, 4) is 0 Å². The minimum absolute atomic E-state index is 0.0884. The predicted octanol–water partition coefficient (Wildman–Crippen LogP) is 3.78. The van der Waals surface area contributed by atoms with Gasteiger partial charge in [-0.25, -0.2) is 9.18 Å². The Morgan fingerprint density at radius 3 is 2.67 bits per heavy atom. The van der Waals surface area contributed by atoms with E-state index in [1.54, 1.807) is 0 Å². The van der Waals surface area contributed by atoms with Crippen molar-refractivity contribution in [2.45, 2.75) is 38.1 Å². The predicted molar refractivity (Wildman–Crippen MR) is 65.3 cm³/mol. The van der Waals surface area contributed by atoms with E-state index in [0.29, 0.717) is 12.8 Å². The fraction of sp³-hybridized carbons (Fsp3) is 0.500. The summed E-state index contributed by atoms with van der Waals surface area (Å²) in [5.74, 6) is -1.40.